The summed E-state index contributed by atoms with van der Waals surface area (Å²) in [7, 11) is 3.26. The van der Waals surface area contributed by atoms with Crippen LogP contribution in [0, 0.1) is 0 Å². The maximum Gasteiger partial charge on any atom is 0.314 e. The zero-order chi connectivity index (χ0) is 14.1. The van der Waals surface area contributed by atoms with Gasteiger partial charge in [0.15, 0.2) is 11.5 Å². The maximum atomic E-state index is 11.2. The van der Waals surface area contributed by atoms with Crippen molar-refractivity contribution in [3.05, 3.63) is 23.8 Å². The Morgan fingerprint density at radius 2 is 2.00 bits per heavy atom. The van der Waals surface area contributed by atoms with E-state index in [4.69, 9.17) is 9.47 Å². The normalized spacial score (nSPS) is 9.84. The molecule has 5 heteroatoms. The molecule has 0 saturated heterocycles. The number of carbonyl (C=O) groups is 1. The Bertz CT molecular complexity index is 408. The molecule has 0 fully saturated rings. The molecule has 5 nitrogen and oxygen atoms in total. The fraction of sp³-hybridized carbons (Fsp3) is 0.500. The number of aryl methyl sites for hydroxylation is 1. The van der Waals surface area contributed by atoms with Gasteiger partial charge < -0.3 is 20.1 Å². The highest BCUT2D eigenvalue weighted by Crippen LogP contribution is 2.31. The summed E-state index contributed by atoms with van der Waals surface area (Å²) < 4.78 is 10.6. The molecule has 0 spiro atoms. The van der Waals surface area contributed by atoms with Crippen molar-refractivity contribution in [2.24, 2.45) is 0 Å². The maximum absolute atomic E-state index is 11.2. The van der Waals surface area contributed by atoms with Gasteiger partial charge in [0.1, 0.15) is 0 Å². The van der Waals surface area contributed by atoms with E-state index in [1.807, 2.05) is 25.1 Å². The minimum Gasteiger partial charge on any atom is -0.493 e. The molecule has 0 aromatic heterocycles. The van der Waals surface area contributed by atoms with Gasteiger partial charge in [-0.1, -0.05) is 12.1 Å². The highest BCUT2D eigenvalue weighted by atomic mass is 16.5. The van der Waals surface area contributed by atoms with E-state index in [0.717, 1.165) is 29.9 Å². The molecule has 0 atom stereocenters. The van der Waals surface area contributed by atoms with Gasteiger partial charge in [-0.2, -0.15) is 0 Å². The van der Waals surface area contributed by atoms with Gasteiger partial charge >= 0.3 is 6.03 Å². The predicted octanol–water partition coefficient (Wildman–Crippen LogP) is 1.96. The lowest BCUT2D eigenvalue weighted by Gasteiger charge is -2.12. The standard InChI is InChI=1S/C14H22N2O3/c1-4-15-14(17)16-10-6-8-11-7-5-9-12(18-2)13(11)19-3/h5,7,9H,4,6,8,10H2,1-3H3,(H2,15,16,17). The van der Waals surface area contributed by atoms with Gasteiger partial charge in [-0.25, -0.2) is 4.79 Å². The highest BCUT2D eigenvalue weighted by Gasteiger charge is 2.08. The topological polar surface area (TPSA) is 59.6 Å². The summed E-state index contributed by atoms with van der Waals surface area (Å²) in [6.45, 7) is 3.16. The van der Waals surface area contributed by atoms with Gasteiger partial charge in [-0.05, 0) is 31.4 Å². The van der Waals surface area contributed by atoms with Crippen LogP contribution in [0.2, 0.25) is 0 Å². The van der Waals surface area contributed by atoms with Crippen molar-refractivity contribution in [3.63, 3.8) is 0 Å². The number of hydrogen-bond donors (Lipinski definition) is 2. The Balaban J connectivity index is 2.47. The molecule has 0 saturated carbocycles. The number of carbonyl (C=O) groups excluding carboxylic acids is 1. The van der Waals surface area contributed by atoms with E-state index in [1.54, 1.807) is 14.2 Å². The largest absolute Gasteiger partial charge is 0.493 e. The first-order valence-corrected chi connectivity index (χ1v) is 6.44. The number of urea groups is 1. The molecule has 0 bridgehead atoms. The van der Waals surface area contributed by atoms with Crippen LogP contribution in [0.25, 0.3) is 0 Å². The molecule has 2 N–H and O–H groups in total. The van der Waals surface area contributed by atoms with E-state index in [-0.39, 0.29) is 6.03 Å². The first-order chi connectivity index (χ1) is 9.22. The molecular formula is C14H22N2O3. The third kappa shape index (κ3) is 4.69. The number of rotatable bonds is 7. The number of methoxy groups -OCH3 is 2. The minimum atomic E-state index is -0.125. The molecule has 0 aliphatic rings. The van der Waals surface area contributed by atoms with Crippen molar-refractivity contribution in [2.75, 3.05) is 27.3 Å². The Kier molecular flexibility index (Phi) is 6.57. The van der Waals surface area contributed by atoms with Crippen molar-refractivity contribution >= 4 is 6.03 Å². The van der Waals surface area contributed by atoms with Crippen LogP contribution in [0.5, 0.6) is 11.5 Å². The van der Waals surface area contributed by atoms with E-state index in [0.29, 0.717) is 13.1 Å². The Morgan fingerprint density at radius 3 is 2.63 bits per heavy atom. The quantitative estimate of drug-likeness (QED) is 0.742. The molecule has 0 aliphatic heterocycles. The van der Waals surface area contributed by atoms with Crippen LogP contribution in [0.15, 0.2) is 18.2 Å². The smallest absolute Gasteiger partial charge is 0.314 e. The molecule has 19 heavy (non-hydrogen) atoms. The molecule has 0 radical (unpaired) electrons. The van der Waals surface area contributed by atoms with Crippen molar-refractivity contribution in [2.45, 2.75) is 19.8 Å². The first kappa shape index (κ1) is 15.1. The van der Waals surface area contributed by atoms with E-state index >= 15 is 0 Å². The van der Waals surface area contributed by atoms with Gasteiger partial charge in [-0.15, -0.1) is 0 Å². The SMILES string of the molecule is CCNC(=O)NCCCc1cccc(OC)c1OC. The van der Waals surface area contributed by atoms with Crippen LogP contribution in [-0.2, 0) is 6.42 Å². The van der Waals surface area contributed by atoms with Crippen molar-refractivity contribution < 1.29 is 14.3 Å². The van der Waals surface area contributed by atoms with E-state index < -0.39 is 0 Å². The van der Waals surface area contributed by atoms with Gasteiger partial charge in [0.25, 0.3) is 0 Å². The number of hydrogen-bond acceptors (Lipinski definition) is 3. The molecule has 1 aromatic carbocycles. The summed E-state index contributed by atoms with van der Waals surface area (Å²) in [5, 5.41) is 5.49. The lowest BCUT2D eigenvalue weighted by molar-refractivity contribution is 0.241. The monoisotopic (exact) mass is 266 g/mol. The summed E-state index contributed by atoms with van der Waals surface area (Å²) in [4.78, 5) is 11.2. The highest BCUT2D eigenvalue weighted by molar-refractivity contribution is 5.73. The van der Waals surface area contributed by atoms with Gasteiger partial charge in [0, 0.05) is 13.1 Å². The zero-order valence-electron chi connectivity index (χ0n) is 11.8. The second-order valence-corrected chi connectivity index (χ2v) is 4.04. The molecule has 106 valence electrons. The van der Waals surface area contributed by atoms with Gasteiger partial charge in [0.2, 0.25) is 0 Å². The Hall–Kier alpha value is -1.91. The Labute approximate surface area is 114 Å². The lowest BCUT2D eigenvalue weighted by Crippen LogP contribution is -2.35. The average Bonchev–Trinajstić information content (AvgIpc) is 2.43. The fourth-order valence-electron chi connectivity index (χ4n) is 1.85. The summed E-state index contributed by atoms with van der Waals surface area (Å²) >= 11 is 0. The Morgan fingerprint density at radius 1 is 1.21 bits per heavy atom. The van der Waals surface area contributed by atoms with Crippen LogP contribution in [0.4, 0.5) is 4.79 Å². The second-order valence-electron chi connectivity index (χ2n) is 4.04. The van der Waals surface area contributed by atoms with Gasteiger partial charge in [-0.3, -0.25) is 0 Å². The third-order valence-electron chi connectivity index (χ3n) is 2.73. The number of para-hydroxylation sites is 1. The van der Waals surface area contributed by atoms with Crippen molar-refractivity contribution in [1.29, 1.82) is 0 Å². The third-order valence-corrected chi connectivity index (χ3v) is 2.73. The van der Waals surface area contributed by atoms with E-state index in [9.17, 15) is 4.79 Å². The number of amides is 2. The average molecular weight is 266 g/mol. The summed E-state index contributed by atoms with van der Waals surface area (Å²) in [6.07, 6.45) is 1.67. The molecule has 1 aromatic rings. The van der Waals surface area contributed by atoms with Crippen molar-refractivity contribution in [3.8, 4) is 11.5 Å². The number of ether oxygens (including phenoxy) is 2. The summed E-state index contributed by atoms with van der Waals surface area (Å²) in [5.41, 5.74) is 1.08. The number of benzene rings is 1. The molecule has 0 unspecified atom stereocenters. The lowest BCUT2D eigenvalue weighted by atomic mass is 10.1. The summed E-state index contributed by atoms with van der Waals surface area (Å²) in [5.74, 6) is 1.50. The van der Waals surface area contributed by atoms with E-state index in [2.05, 4.69) is 10.6 Å². The van der Waals surface area contributed by atoms with Gasteiger partial charge in [0.05, 0.1) is 14.2 Å². The molecule has 1 rings (SSSR count). The molecule has 0 aliphatic carbocycles. The minimum absolute atomic E-state index is 0.125. The van der Waals surface area contributed by atoms with Crippen molar-refractivity contribution in [1.82, 2.24) is 10.6 Å². The molecule has 0 heterocycles. The van der Waals surface area contributed by atoms with E-state index in [1.165, 1.54) is 0 Å². The zero-order valence-corrected chi connectivity index (χ0v) is 11.8. The molecular weight excluding hydrogens is 244 g/mol. The molecule has 2 amide bonds. The first-order valence-electron chi connectivity index (χ1n) is 6.44. The summed E-state index contributed by atoms with van der Waals surface area (Å²) in [6, 6.07) is 5.69. The number of nitrogens with one attached hydrogen (secondary N) is 2. The van der Waals surface area contributed by atoms with Crippen LogP contribution in [-0.4, -0.2) is 33.3 Å². The fourth-order valence-corrected chi connectivity index (χ4v) is 1.85. The second kappa shape index (κ2) is 8.24. The van der Waals surface area contributed by atoms with Crippen LogP contribution >= 0.6 is 0 Å². The van der Waals surface area contributed by atoms with Crippen LogP contribution in [0.3, 0.4) is 0 Å². The van der Waals surface area contributed by atoms with Crippen LogP contribution < -0.4 is 20.1 Å². The predicted molar refractivity (Wildman–Crippen MR) is 74.9 cm³/mol. The van der Waals surface area contributed by atoms with Crippen LogP contribution in [0.1, 0.15) is 18.9 Å².